The van der Waals surface area contributed by atoms with Crippen LogP contribution in [0.5, 0.6) is 0 Å². The van der Waals surface area contributed by atoms with Crippen LogP contribution >= 0.6 is 11.6 Å². The molecule has 0 bridgehead atoms. The summed E-state index contributed by atoms with van der Waals surface area (Å²) in [6, 6.07) is 31.5. The van der Waals surface area contributed by atoms with Gasteiger partial charge in [0.05, 0.1) is 17.8 Å². The van der Waals surface area contributed by atoms with Crippen LogP contribution in [0.3, 0.4) is 0 Å². The highest BCUT2D eigenvalue weighted by Gasteiger charge is 2.26. The first-order valence-electron chi connectivity index (χ1n) is 13.2. The van der Waals surface area contributed by atoms with Crippen LogP contribution in [0.2, 0.25) is 5.02 Å². The second kappa shape index (κ2) is 11.4. The van der Waals surface area contributed by atoms with Gasteiger partial charge in [-0.15, -0.1) is 0 Å². The predicted molar refractivity (Wildman–Crippen MR) is 160 cm³/mol. The molecule has 0 aliphatic rings. The molecule has 3 heterocycles. The fraction of sp³-hybridized carbons (Fsp3) is 0.0882. The average Bonchev–Trinajstić information content (AvgIpc) is 3.56. The van der Waals surface area contributed by atoms with Gasteiger partial charge < -0.3 is 0 Å². The summed E-state index contributed by atoms with van der Waals surface area (Å²) in [6.07, 6.45) is 4.24. The summed E-state index contributed by atoms with van der Waals surface area (Å²) in [7, 11) is 1.87. The summed E-state index contributed by atoms with van der Waals surface area (Å²) in [5.41, 5.74) is 7.53. The number of benzene rings is 3. The van der Waals surface area contributed by atoms with Gasteiger partial charge in [-0.3, -0.25) is 19.0 Å². The molecule has 5 nitrogen and oxygen atoms in total. The van der Waals surface area contributed by atoms with Crippen molar-refractivity contribution in [2.75, 3.05) is 0 Å². The minimum atomic E-state index is -0.317. The summed E-state index contributed by atoms with van der Waals surface area (Å²) < 4.78 is 17.4. The van der Waals surface area contributed by atoms with Crippen molar-refractivity contribution < 1.29 is 9.18 Å². The molecule has 0 spiro atoms. The van der Waals surface area contributed by atoms with Crippen LogP contribution in [0, 0.1) is 5.82 Å². The maximum Gasteiger partial charge on any atom is 0.235 e. The van der Waals surface area contributed by atoms with E-state index in [-0.39, 0.29) is 18.1 Å². The standard InChI is InChI=1S/C34H26ClFN4O/c1-39-34(32(25-17-19-37-20-18-25)33(38-39)26-9-13-28(36)14-10-26)30-16-15-29(21-24-7-11-27(35)12-8-24)40(30)31(41)22-23-5-3-2-4-6-23/h2-20H,21-22H2,1H3. The fourth-order valence-electron chi connectivity index (χ4n) is 5.18. The first-order valence-corrected chi connectivity index (χ1v) is 13.6. The quantitative estimate of drug-likeness (QED) is 0.199. The number of aromatic nitrogens is 4. The van der Waals surface area contributed by atoms with Crippen LogP contribution in [0.15, 0.2) is 116 Å². The normalized spacial score (nSPS) is 11.1. The lowest BCUT2D eigenvalue weighted by Gasteiger charge is -2.15. The molecule has 3 aromatic heterocycles. The molecule has 0 radical (unpaired) electrons. The van der Waals surface area contributed by atoms with Gasteiger partial charge in [0.2, 0.25) is 5.91 Å². The molecule has 0 unspecified atom stereocenters. The Hall–Kier alpha value is -4.81. The summed E-state index contributed by atoms with van der Waals surface area (Å²) >= 11 is 6.13. The highest BCUT2D eigenvalue weighted by Crippen LogP contribution is 2.40. The molecule has 6 aromatic rings. The second-order valence-corrected chi connectivity index (χ2v) is 10.3. The van der Waals surface area contributed by atoms with Crippen LogP contribution in [-0.4, -0.2) is 25.2 Å². The third-order valence-corrected chi connectivity index (χ3v) is 7.34. The van der Waals surface area contributed by atoms with Gasteiger partial charge in [-0.05, 0) is 77.4 Å². The summed E-state index contributed by atoms with van der Waals surface area (Å²) in [5, 5.41) is 5.55. The Morgan fingerprint density at radius 2 is 1.51 bits per heavy atom. The molecule has 0 aliphatic carbocycles. The molecular formula is C34H26ClFN4O. The van der Waals surface area contributed by atoms with Crippen molar-refractivity contribution in [2.24, 2.45) is 7.05 Å². The maximum atomic E-state index is 14.1. The molecule has 0 saturated heterocycles. The van der Waals surface area contributed by atoms with Gasteiger partial charge in [0, 0.05) is 47.7 Å². The van der Waals surface area contributed by atoms with Crippen LogP contribution < -0.4 is 0 Å². The van der Waals surface area contributed by atoms with Crippen molar-refractivity contribution in [1.29, 1.82) is 0 Å². The molecule has 0 atom stereocenters. The average molecular weight is 561 g/mol. The number of carbonyl (C=O) groups is 1. The van der Waals surface area contributed by atoms with Gasteiger partial charge in [0.25, 0.3) is 0 Å². The minimum Gasteiger partial charge on any atom is -0.282 e. The van der Waals surface area contributed by atoms with E-state index in [2.05, 4.69) is 4.98 Å². The van der Waals surface area contributed by atoms with Crippen molar-refractivity contribution in [1.82, 2.24) is 19.3 Å². The van der Waals surface area contributed by atoms with E-state index in [1.165, 1.54) is 12.1 Å². The van der Waals surface area contributed by atoms with E-state index in [1.54, 1.807) is 33.8 Å². The Labute approximate surface area is 242 Å². The zero-order chi connectivity index (χ0) is 28.3. The third kappa shape index (κ3) is 5.47. The smallest absolute Gasteiger partial charge is 0.235 e. The van der Waals surface area contributed by atoms with Crippen molar-refractivity contribution >= 4 is 17.5 Å². The van der Waals surface area contributed by atoms with E-state index < -0.39 is 0 Å². The van der Waals surface area contributed by atoms with Crippen molar-refractivity contribution in [3.63, 3.8) is 0 Å². The number of hydrogen-bond acceptors (Lipinski definition) is 3. The van der Waals surface area contributed by atoms with E-state index in [0.29, 0.717) is 17.1 Å². The zero-order valence-corrected chi connectivity index (χ0v) is 23.1. The number of nitrogens with zero attached hydrogens (tertiary/aromatic N) is 4. The lowest BCUT2D eigenvalue weighted by molar-refractivity contribution is 0.0913. The van der Waals surface area contributed by atoms with Gasteiger partial charge in [-0.25, -0.2) is 4.39 Å². The van der Waals surface area contributed by atoms with Gasteiger partial charge >= 0.3 is 0 Å². The van der Waals surface area contributed by atoms with Crippen LogP contribution in [0.25, 0.3) is 33.8 Å². The molecule has 0 amide bonds. The Morgan fingerprint density at radius 3 is 2.22 bits per heavy atom. The lowest BCUT2D eigenvalue weighted by Crippen LogP contribution is -2.18. The Bertz CT molecular complexity index is 1810. The molecule has 3 aromatic carbocycles. The van der Waals surface area contributed by atoms with Gasteiger partial charge in [-0.2, -0.15) is 5.10 Å². The molecule has 0 fully saturated rings. The molecular weight excluding hydrogens is 535 g/mol. The monoisotopic (exact) mass is 560 g/mol. The summed E-state index contributed by atoms with van der Waals surface area (Å²) in [4.78, 5) is 18.3. The molecule has 0 N–H and O–H groups in total. The predicted octanol–water partition coefficient (Wildman–Crippen LogP) is 7.88. The third-order valence-electron chi connectivity index (χ3n) is 7.08. The number of halogens is 2. The number of carbonyl (C=O) groups excluding carboxylic acids is 1. The molecule has 7 heteroatoms. The van der Waals surface area contributed by atoms with E-state index in [0.717, 1.165) is 44.9 Å². The number of pyridine rings is 1. The lowest BCUT2D eigenvalue weighted by atomic mass is 9.98. The first-order chi connectivity index (χ1) is 20.0. The van der Waals surface area contributed by atoms with E-state index in [4.69, 9.17) is 16.7 Å². The SMILES string of the molecule is Cn1nc(-c2ccc(F)cc2)c(-c2ccncc2)c1-c1ccc(Cc2ccc(Cl)cc2)n1C(=O)Cc1ccccc1. The molecule has 0 saturated carbocycles. The summed E-state index contributed by atoms with van der Waals surface area (Å²) in [5.74, 6) is -0.368. The van der Waals surface area contributed by atoms with Crippen molar-refractivity contribution in [3.05, 3.63) is 143 Å². The Kier molecular flexibility index (Phi) is 7.32. The van der Waals surface area contributed by atoms with Crippen molar-refractivity contribution in [2.45, 2.75) is 12.8 Å². The Morgan fingerprint density at radius 1 is 0.805 bits per heavy atom. The van der Waals surface area contributed by atoms with Crippen molar-refractivity contribution in [3.8, 4) is 33.8 Å². The Balaban J connectivity index is 1.55. The van der Waals surface area contributed by atoms with Crippen LogP contribution in [-0.2, 0) is 19.9 Å². The zero-order valence-electron chi connectivity index (χ0n) is 22.3. The molecule has 6 rings (SSSR count). The van der Waals surface area contributed by atoms with Crippen LogP contribution in [0.1, 0.15) is 21.6 Å². The molecule has 202 valence electrons. The number of rotatable bonds is 7. The van der Waals surface area contributed by atoms with E-state index in [1.807, 2.05) is 85.9 Å². The highest BCUT2D eigenvalue weighted by atomic mass is 35.5. The first kappa shape index (κ1) is 26.4. The molecule has 41 heavy (non-hydrogen) atoms. The second-order valence-electron chi connectivity index (χ2n) is 9.84. The summed E-state index contributed by atoms with van der Waals surface area (Å²) in [6.45, 7) is 0. The minimum absolute atomic E-state index is 0.0506. The highest BCUT2D eigenvalue weighted by molar-refractivity contribution is 6.30. The number of hydrogen-bond donors (Lipinski definition) is 0. The molecule has 0 aliphatic heterocycles. The topological polar surface area (TPSA) is 52.7 Å². The van der Waals surface area contributed by atoms with Crippen LogP contribution in [0.4, 0.5) is 4.39 Å². The number of aryl methyl sites for hydroxylation is 1. The van der Waals surface area contributed by atoms with Gasteiger partial charge in [-0.1, -0.05) is 54.1 Å². The van der Waals surface area contributed by atoms with E-state index in [9.17, 15) is 9.18 Å². The largest absolute Gasteiger partial charge is 0.282 e. The maximum absolute atomic E-state index is 14.1. The fourth-order valence-corrected chi connectivity index (χ4v) is 5.30. The van der Waals surface area contributed by atoms with Gasteiger partial charge in [0.1, 0.15) is 11.5 Å². The van der Waals surface area contributed by atoms with E-state index >= 15 is 0 Å². The van der Waals surface area contributed by atoms with Gasteiger partial charge in [0.15, 0.2) is 0 Å².